The highest BCUT2D eigenvalue weighted by Crippen LogP contribution is 2.23. The maximum atomic E-state index is 13.4. The number of ether oxygens (including phenoxy) is 1. The number of sulfonamides is 1. The van der Waals surface area contributed by atoms with E-state index in [0.29, 0.717) is 18.0 Å². The van der Waals surface area contributed by atoms with Crippen LogP contribution in [0.5, 0.6) is 5.75 Å². The summed E-state index contributed by atoms with van der Waals surface area (Å²) >= 11 is 0. The Hall–Kier alpha value is -3.77. The third-order valence-electron chi connectivity index (χ3n) is 6.47. The maximum Gasteiger partial charge on any atom is 0.243 e. The van der Waals surface area contributed by atoms with E-state index in [9.17, 15) is 13.2 Å². The molecule has 2 N–H and O–H groups in total. The molecule has 2 aliphatic heterocycles. The highest BCUT2D eigenvalue weighted by molar-refractivity contribution is 7.89. The molecule has 1 aromatic heterocycles. The molecule has 2 aromatic carbocycles. The lowest BCUT2D eigenvalue weighted by Crippen LogP contribution is -2.57. The molecule has 1 saturated heterocycles. The van der Waals surface area contributed by atoms with E-state index in [0.717, 1.165) is 36.5 Å². The first-order chi connectivity index (χ1) is 17.9. The zero-order valence-electron chi connectivity index (χ0n) is 20.5. The van der Waals surface area contributed by atoms with Gasteiger partial charge >= 0.3 is 0 Å². The summed E-state index contributed by atoms with van der Waals surface area (Å²) in [6, 6.07) is 13.5. The zero-order valence-corrected chi connectivity index (χ0v) is 21.3. The van der Waals surface area contributed by atoms with Gasteiger partial charge in [0.2, 0.25) is 15.9 Å². The number of aromatic nitrogens is 3. The number of carbonyl (C=O) groups excluding carboxylic acids is 1. The molecule has 5 rings (SSSR count). The first-order valence-corrected chi connectivity index (χ1v) is 13.6. The van der Waals surface area contributed by atoms with Gasteiger partial charge in [-0.05, 0) is 36.2 Å². The van der Waals surface area contributed by atoms with Gasteiger partial charge in [0.25, 0.3) is 0 Å². The van der Waals surface area contributed by atoms with Crippen molar-refractivity contribution >= 4 is 21.8 Å². The van der Waals surface area contributed by atoms with Crippen molar-refractivity contribution in [3.8, 4) is 5.75 Å². The number of aliphatic imine (C=N–C) groups is 1. The Morgan fingerprint density at radius 3 is 2.54 bits per heavy atom. The SMILES string of the molecule is COc1ccc(S(=O)(=O)N2CCNC(=O)C2Cc2cn(CCc3ccc(C4=NCCN4)cc3)nn2)cc1. The minimum absolute atomic E-state index is 0.110. The summed E-state index contributed by atoms with van der Waals surface area (Å²) in [5, 5.41) is 14.4. The van der Waals surface area contributed by atoms with Gasteiger partial charge in [0.1, 0.15) is 17.6 Å². The molecule has 0 aliphatic carbocycles. The molecule has 2 aliphatic rings. The van der Waals surface area contributed by atoms with E-state index in [-0.39, 0.29) is 30.3 Å². The van der Waals surface area contributed by atoms with Gasteiger partial charge in [0, 0.05) is 44.4 Å². The molecular formula is C25H29N7O4S. The fraction of sp³-hybridized carbons (Fsp3) is 0.360. The summed E-state index contributed by atoms with van der Waals surface area (Å²) in [7, 11) is -2.37. The van der Waals surface area contributed by atoms with Gasteiger partial charge in [0.05, 0.1) is 24.2 Å². The van der Waals surface area contributed by atoms with E-state index < -0.39 is 16.1 Å². The van der Waals surface area contributed by atoms with Crippen molar-refractivity contribution in [3.63, 3.8) is 0 Å². The second-order valence-electron chi connectivity index (χ2n) is 8.88. The van der Waals surface area contributed by atoms with E-state index in [4.69, 9.17) is 4.74 Å². The Morgan fingerprint density at radius 2 is 1.84 bits per heavy atom. The zero-order chi connectivity index (χ0) is 25.8. The Labute approximate surface area is 215 Å². The molecule has 194 valence electrons. The number of aryl methyl sites for hydroxylation is 2. The van der Waals surface area contributed by atoms with Crippen molar-refractivity contribution in [1.82, 2.24) is 29.9 Å². The lowest BCUT2D eigenvalue weighted by molar-refractivity contribution is -0.126. The molecule has 37 heavy (non-hydrogen) atoms. The van der Waals surface area contributed by atoms with Gasteiger partial charge in [-0.3, -0.25) is 14.5 Å². The van der Waals surface area contributed by atoms with Crippen molar-refractivity contribution in [2.24, 2.45) is 4.99 Å². The third-order valence-corrected chi connectivity index (χ3v) is 8.39. The molecule has 11 nitrogen and oxygen atoms in total. The molecule has 0 saturated carbocycles. The minimum atomic E-state index is -3.89. The number of methoxy groups -OCH3 is 1. The van der Waals surface area contributed by atoms with Crippen molar-refractivity contribution in [1.29, 1.82) is 0 Å². The fourth-order valence-electron chi connectivity index (χ4n) is 4.46. The van der Waals surface area contributed by atoms with Gasteiger partial charge in [-0.1, -0.05) is 29.5 Å². The normalized spacial score (nSPS) is 18.2. The van der Waals surface area contributed by atoms with Crippen molar-refractivity contribution in [2.45, 2.75) is 30.3 Å². The fourth-order valence-corrected chi connectivity index (χ4v) is 6.05. The Kier molecular flexibility index (Phi) is 7.19. The van der Waals surface area contributed by atoms with E-state index in [1.807, 2.05) is 0 Å². The first-order valence-electron chi connectivity index (χ1n) is 12.1. The Balaban J connectivity index is 1.24. The lowest BCUT2D eigenvalue weighted by Gasteiger charge is -2.33. The number of hydrogen-bond donors (Lipinski definition) is 2. The van der Waals surface area contributed by atoms with E-state index in [1.165, 1.54) is 23.5 Å². The average Bonchev–Trinajstić information content (AvgIpc) is 3.62. The van der Waals surface area contributed by atoms with Crippen LogP contribution in [-0.2, 0) is 34.2 Å². The number of nitrogens with zero attached hydrogens (tertiary/aromatic N) is 5. The van der Waals surface area contributed by atoms with Gasteiger partial charge in [-0.2, -0.15) is 4.31 Å². The average molecular weight is 524 g/mol. The Bertz CT molecular complexity index is 1390. The summed E-state index contributed by atoms with van der Waals surface area (Å²) < 4.78 is 34.8. The van der Waals surface area contributed by atoms with E-state index in [1.54, 1.807) is 23.0 Å². The monoisotopic (exact) mass is 523 g/mol. The van der Waals surface area contributed by atoms with E-state index >= 15 is 0 Å². The maximum absolute atomic E-state index is 13.4. The quantitative estimate of drug-likeness (QED) is 0.420. The number of nitrogens with one attached hydrogen (secondary N) is 2. The number of hydrogen-bond acceptors (Lipinski definition) is 8. The molecule has 3 heterocycles. The predicted molar refractivity (Wildman–Crippen MR) is 137 cm³/mol. The van der Waals surface area contributed by atoms with Crippen LogP contribution in [0.25, 0.3) is 0 Å². The second kappa shape index (κ2) is 10.7. The van der Waals surface area contributed by atoms with Gasteiger partial charge in [-0.25, -0.2) is 8.42 Å². The van der Waals surface area contributed by atoms with Crippen LogP contribution in [0.4, 0.5) is 0 Å². The van der Waals surface area contributed by atoms with Crippen LogP contribution < -0.4 is 15.4 Å². The predicted octanol–water partition coefficient (Wildman–Crippen LogP) is 0.611. The van der Waals surface area contributed by atoms with Crippen LogP contribution in [0.3, 0.4) is 0 Å². The summed E-state index contributed by atoms with van der Waals surface area (Å²) in [5.41, 5.74) is 2.78. The number of amidine groups is 1. The second-order valence-corrected chi connectivity index (χ2v) is 10.8. The number of benzene rings is 2. The van der Waals surface area contributed by atoms with Gasteiger partial charge < -0.3 is 15.4 Å². The summed E-state index contributed by atoms with van der Waals surface area (Å²) in [4.78, 5) is 17.3. The molecule has 0 spiro atoms. The first kappa shape index (κ1) is 24.9. The third kappa shape index (κ3) is 5.49. The smallest absolute Gasteiger partial charge is 0.243 e. The summed E-state index contributed by atoms with van der Waals surface area (Å²) in [5.74, 6) is 1.14. The van der Waals surface area contributed by atoms with Crippen molar-refractivity contribution < 1.29 is 17.9 Å². The minimum Gasteiger partial charge on any atom is -0.497 e. The van der Waals surface area contributed by atoms with Gasteiger partial charge in [-0.15, -0.1) is 5.10 Å². The van der Waals surface area contributed by atoms with E-state index in [2.05, 4.69) is 50.2 Å². The molecule has 1 fully saturated rings. The molecule has 0 radical (unpaired) electrons. The van der Waals surface area contributed by atoms with Crippen LogP contribution in [0.1, 0.15) is 16.8 Å². The van der Waals surface area contributed by atoms with Crippen molar-refractivity contribution in [3.05, 3.63) is 71.5 Å². The number of amides is 1. The highest BCUT2D eigenvalue weighted by Gasteiger charge is 2.39. The number of piperazine rings is 1. The van der Waals surface area contributed by atoms with Crippen LogP contribution >= 0.6 is 0 Å². The summed E-state index contributed by atoms with van der Waals surface area (Å²) in [6.45, 7) is 2.71. The number of carbonyl (C=O) groups is 1. The lowest BCUT2D eigenvalue weighted by atomic mass is 10.1. The molecule has 12 heteroatoms. The highest BCUT2D eigenvalue weighted by atomic mass is 32.2. The van der Waals surface area contributed by atoms with Crippen LogP contribution in [0.2, 0.25) is 0 Å². The van der Waals surface area contributed by atoms with Crippen molar-refractivity contribution in [2.75, 3.05) is 33.3 Å². The summed E-state index contributed by atoms with van der Waals surface area (Å²) in [6.07, 6.45) is 2.65. The standard InChI is InChI=1S/C25H29N7O4S/c1-36-21-6-8-22(9-7-21)37(34,35)32-15-13-28-25(33)23(32)16-20-17-31(30-29-20)14-10-18-2-4-19(5-3-18)24-26-11-12-27-24/h2-9,17,23H,10-16H2,1H3,(H,26,27)(H,28,33). The molecular weight excluding hydrogens is 494 g/mol. The van der Waals surface area contributed by atoms with Crippen LogP contribution in [-0.4, -0.2) is 78.8 Å². The largest absolute Gasteiger partial charge is 0.497 e. The molecule has 3 aromatic rings. The van der Waals surface area contributed by atoms with Crippen LogP contribution in [0, 0.1) is 0 Å². The van der Waals surface area contributed by atoms with Gasteiger partial charge in [0.15, 0.2) is 0 Å². The Morgan fingerprint density at radius 1 is 1.05 bits per heavy atom. The molecule has 1 atom stereocenters. The molecule has 1 unspecified atom stereocenters. The van der Waals surface area contributed by atoms with Crippen LogP contribution in [0.15, 0.2) is 64.6 Å². The molecule has 1 amide bonds. The molecule has 0 bridgehead atoms. The topological polar surface area (TPSA) is 131 Å². The number of rotatable bonds is 9.